The van der Waals surface area contributed by atoms with E-state index >= 15 is 0 Å². The van der Waals surface area contributed by atoms with Gasteiger partial charge in [-0.25, -0.2) is 0 Å². The number of thiophene rings is 1. The molecule has 34 heavy (non-hydrogen) atoms. The number of carbonyl (C=O) groups is 2. The van der Waals surface area contributed by atoms with Gasteiger partial charge in [0.15, 0.2) is 0 Å². The Morgan fingerprint density at radius 1 is 1.09 bits per heavy atom. The molecule has 1 aliphatic heterocycles. The van der Waals surface area contributed by atoms with Crippen molar-refractivity contribution in [2.75, 3.05) is 33.4 Å². The minimum Gasteiger partial charge on any atom is -0.497 e. The molecule has 1 aliphatic rings. The van der Waals surface area contributed by atoms with E-state index in [1.165, 1.54) is 4.88 Å². The van der Waals surface area contributed by atoms with Gasteiger partial charge in [0.2, 0.25) is 5.91 Å². The molecule has 0 saturated heterocycles. The molecule has 178 valence electrons. The lowest BCUT2D eigenvalue weighted by Gasteiger charge is -2.37. The first-order valence-corrected chi connectivity index (χ1v) is 12.5. The lowest BCUT2D eigenvalue weighted by Crippen LogP contribution is -2.48. The summed E-state index contributed by atoms with van der Waals surface area (Å²) in [6, 6.07) is 18.5. The predicted octanol–water partition coefficient (Wildman–Crippen LogP) is 4.81. The summed E-state index contributed by atoms with van der Waals surface area (Å²) < 4.78 is 11.4. The van der Waals surface area contributed by atoms with E-state index in [1.807, 2.05) is 54.3 Å². The maximum atomic E-state index is 13.5. The Morgan fingerprint density at radius 2 is 1.88 bits per heavy atom. The molecule has 2 aromatic carbocycles. The topological polar surface area (TPSA) is 59.1 Å². The van der Waals surface area contributed by atoms with Gasteiger partial charge in [0.1, 0.15) is 24.7 Å². The Hall–Kier alpha value is -3.32. The molecule has 6 nitrogen and oxygen atoms in total. The number of carbonyl (C=O) groups excluding carboxylic acids is 2. The van der Waals surface area contributed by atoms with Crippen LogP contribution >= 0.6 is 11.3 Å². The van der Waals surface area contributed by atoms with Crippen LogP contribution in [0.3, 0.4) is 0 Å². The number of fused-ring (bicyclic) bond motifs is 1. The van der Waals surface area contributed by atoms with Gasteiger partial charge in [0.05, 0.1) is 13.2 Å². The van der Waals surface area contributed by atoms with Crippen molar-refractivity contribution in [2.45, 2.75) is 25.8 Å². The highest BCUT2D eigenvalue weighted by Gasteiger charge is 2.33. The van der Waals surface area contributed by atoms with Crippen LogP contribution in [-0.2, 0) is 11.2 Å². The summed E-state index contributed by atoms with van der Waals surface area (Å²) in [7, 11) is 1.62. The zero-order chi connectivity index (χ0) is 23.9. The third-order valence-corrected chi connectivity index (χ3v) is 6.99. The molecule has 0 fully saturated rings. The maximum absolute atomic E-state index is 13.5. The zero-order valence-electron chi connectivity index (χ0n) is 19.6. The Bertz CT molecular complexity index is 1110. The molecule has 1 aromatic heterocycles. The normalized spacial score (nSPS) is 14.9. The lowest BCUT2D eigenvalue weighted by molar-refractivity contribution is -0.135. The molecule has 0 radical (unpaired) electrons. The highest BCUT2D eigenvalue weighted by Crippen LogP contribution is 2.34. The zero-order valence-corrected chi connectivity index (χ0v) is 20.4. The van der Waals surface area contributed by atoms with Crippen LogP contribution in [0.4, 0.5) is 0 Å². The van der Waals surface area contributed by atoms with Gasteiger partial charge in [-0.05, 0) is 54.1 Å². The number of hydrogen-bond donors (Lipinski definition) is 0. The number of hydrogen-bond acceptors (Lipinski definition) is 5. The van der Waals surface area contributed by atoms with Crippen molar-refractivity contribution < 1.29 is 19.1 Å². The fraction of sp³-hybridized carbons (Fsp3) is 0.333. The first-order valence-electron chi connectivity index (χ1n) is 11.6. The van der Waals surface area contributed by atoms with Crippen LogP contribution in [0.15, 0.2) is 66.0 Å². The predicted molar refractivity (Wildman–Crippen MR) is 134 cm³/mol. The fourth-order valence-electron chi connectivity index (χ4n) is 4.28. The van der Waals surface area contributed by atoms with Crippen molar-refractivity contribution in [2.24, 2.45) is 0 Å². The first-order chi connectivity index (χ1) is 16.6. The minimum absolute atomic E-state index is 0.0523. The number of nitrogens with zero attached hydrogens (tertiary/aromatic N) is 2. The molecular formula is C27H30N2O4S. The molecule has 0 bridgehead atoms. The van der Waals surface area contributed by atoms with E-state index in [9.17, 15) is 9.59 Å². The summed E-state index contributed by atoms with van der Waals surface area (Å²) in [6.07, 6.45) is 1.59. The molecule has 0 spiro atoms. The summed E-state index contributed by atoms with van der Waals surface area (Å²) in [5.41, 5.74) is 1.73. The maximum Gasteiger partial charge on any atom is 0.254 e. The fourth-order valence-corrected chi connectivity index (χ4v) is 5.21. The summed E-state index contributed by atoms with van der Waals surface area (Å²) in [5.74, 6) is 1.24. The summed E-state index contributed by atoms with van der Waals surface area (Å²) >= 11 is 1.72. The SMILES string of the molecule is CCCN(CC(=O)N1CCc2sccc2C1COc1cccc(OC)c1)C(=O)c1ccccc1. The van der Waals surface area contributed by atoms with E-state index in [1.54, 1.807) is 35.5 Å². The summed E-state index contributed by atoms with van der Waals surface area (Å²) in [6.45, 7) is 3.54. The Morgan fingerprint density at radius 3 is 2.65 bits per heavy atom. The average molecular weight is 479 g/mol. The van der Waals surface area contributed by atoms with Crippen LogP contribution in [0.5, 0.6) is 11.5 Å². The summed E-state index contributed by atoms with van der Waals surface area (Å²) in [4.78, 5) is 31.4. The van der Waals surface area contributed by atoms with Crippen molar-refractivity contribution >= 4 is 23.2 Å². The number of ether oxygens (including phenoxy) is 2. The van der Waals surface area contributed by atoms with E-state index in [0.717, 1.165) is 24.2 Å². The quantitative estimate of drug-likeness (QED) is 0.443. The second kappa shape index (κ2) is 11.2. The molecular weight excluding hydrogens is 448 g/mol. The molecule has 1 unspecified atom stereocenters. The van der Waals surface area contributed by atoms with Crippen molar-refractivity contribution in [3.63, 3.8) is 0 Å². The van der Waals surface area contributed by atoms with Crippen molar-refractivity contribution in [1.82, 2.24) is 9.80 Å². The number of rotatable bonds is 9. The Labute approximate surface area is 204 Å². The average Bonchev–Trinajstić information content (AvgIpc) is 3.36. The molecule has 0 aliphatic carbocycles. The van der Waals surface area contributed by atoms with Crippen LogP contribution in [0.1, 0.15) is 40.2 Å². The summed E-state index contributed by atoms with van der Waals surface area (Å²) in [5, 5.41) is 2.07. The van der Waals surface area contributed by atoms with Gasteiger partial charge < -0.3 is 19.3 Å². The Kier molecular flexibility index (Phi) is 7.85. The van der Waals surface area contributed by atoms with Gasteiger partial charge in [0, 0.05) is 29.6 Å². The van der Waals surface area contributed by atoms with Gasteiger partial charge in [-0.15, -0.1) is 11.3 Å². The number of amides is 2. The molecule has 0 saturated carbocycles. The van der Waals surface area contributed by atoms with Gasteiger partial charge >= 0.3 is 0 Å². The first kappa shape index (κ1) is 23.8. The number of benzene rings is 2. The highest BCUT2D eigenvalue weighted by atomic mass is 32.1. The van der Waals surface area contributed by atoms with Crippen LogP contribution in [0, 0.1) is 0 Å². The second-order valence-corrected chi connectivity index (χ2v) is 9.24. The van der Waals surface area contributed by atoms with Crippen molar-refractivity contribution in [1.29, 1.82) is 0 Å². The second-order valence-electron chi connectivity index (χ2n) is 8.23. The lowest BCUT2D eigenvalue weighted by atomic mass is 10.0. The van der Waals surface area contributed by atoms with E-state index in [2.05, 4.69) is 11.4 Å². The highest BCUT2D eigenvalue weighted by molar-refractivity contribution is 7.10. The number of methoxy groups -OCH3 is 1. The van der Waals surface area contributed by atoms with Crippen molar-refractivity contribution in [3.8, 4) is 11.5 Å². The third-order valence-electron chi connectivity index (χ3n) is 5.99. The van der Waals surface area contributed by atoms with E-state index in [-0.39, 0.29) is 24.4 Å². The molecule has 2 amide bonds. The largest absolute Gasteiger partial charge is 0.497 e. The smallest absolute Gasteiger partial charge is 0.254 e. The monoisotopic (exact) mass is 478 g/mol. The Balaban J connectivity index is 1.51. The molecule has 2 heterocycles. The van der Waals surface area contributed by atoms with Crippen LogP contribution < -0.4 is 9.47 Å². The van der Waals surface area contributed by atoms with Crippen LogP contribution in [0.25, 0.3) is 0 Å². The molecule has 3 aromatic rings. The van der Waals surface area contributed by atoms with Crippen LogP contribution in [0.2, 0.25) is 0 Å². The molecule has 7 heteroatoms. The molecule has 4 rings (SSSR count). The van der Waals surface area contributed by atoms with Gasteiger partial charge in [-0.1, -0.05) is 31.2 Å². The van der Waals surface area contributed by atoms with Crippen LogP contribution in [-0.4, -0.2) is 55.0 Å². The molecule has 0 N–H and O–H groups in total. The van der Waals surface area contributed by atoms with Gasteiger partial charge in [0.25, 0.3) is 5.91 Å². The minimum atomic E-state index is -0.205. The van der Waals surface area contributed by atoms with Gasteiger partial charge in [-0.3, -0.25) is 9.59 Å². The van der Waals surface area contributed by atoms with E-state index < -0.39 is 0 Å². The van der Waals surface area contributed by atoms with E-state index in [0.29, 0.717) is 31.0 Å². The molecule has 1 atom stereocenters. The third kappa shape index (κ3) is 5.42. The van der Waals surface area contributed by atoms with Gasteiger partial charge in [-0.2, -0.15) is 0 Å². The van der Waals surface area contributed by atoms with E-state index in [4.69, 9.17) is 9.47 Å². The standard InChI is InChI=1S/C27H30N2O4S/c1-3-14-28(27(31)20-8-5-4-6-9-20)18-26(30)29-15-12-25-23(13-16-34-25)24(29)19-33-22-11-7-10-21(17-22)32-2/h4-11,13,16-17,24H,3,12,14-15,18-19H2,1-2H3. The van der Waals surface area contributed by atoms with Crippen molar-refractivity contribution in [3.05, 3.63) is 82.0 Å².